The molecule has 0 N–H and O–H groups in total. The van der Waals surface area contributed by atoms with E-state index in [2.05, 4.69) is 31.6 Å². The van der Waals surface area contributed by atoms with Crippen molar-refractivity contribution in [3.63, 3.8) is 0 Å². The normalized spacial score (nSPS) is 14.1. The molecule has 0 bridgehead atoms. The second-order valence-corrected chi connectivity index (χ2v) is 4.45. The van der Waals surface area contributed by atoms with Gasteiger partial charge in [-0.15, -0.1) is 0 Å². The van der Waals surface area contributed by atoms with Gasteiger partial charge < -0.3 is 0 Å². The molecule has 0 nitrogen and oxygen atoms in total. The van der Waals surface area contributed by atoms with Gasteiger partial charge in [0.15, 0.2) is 0 Å². The fourth-order valence-electron chi connectivity index (χ4n) is 0.815. The highest BCUT2D eigenvalue weighted by Crippen LogP contribution is 2.14. The zero-order valence-electron chi connectivity index (χ0n) is 7.67. The molecule has 0 aliphatic rings. The molecule has 0 aromatic heterocycles. The van der Waals surface area contributed by atoms with Crippen LogP contribution in [0.2, 0.25) is 0 Å². The van der Waals surface area contributed by atoms with Gasteiger partial charge in [-0.05, 0) is 31.1 Å². The first-order chi connectivity index (χ1) is 5.35. The van der Waals surface area contributed by atoms with E-state index in [1.54, 1.807) is 0 Å². The predicted molar refractivity (Wildman–Crippen MR) is 59.7 cm³/mol. The molecule has 0 amide bonds. The highest BCUT2D eigenvalue weighted by atomic mass is 32.2. The largest absolute Gasteiger partial charge is 0.165 e. The molecule has 11 heavy (non-hydrogen) atoms. The predicted octanol–water partition coefficient (Wildman–Crippen LogP) is 3.44. The van der Waals surface area contributed by atoms with Crippen LogP contribution in [-0.4, -0.2) is 23.5 Å². The first-order valence-electron chi connectivity index (χ1n) is 4.03. The van der Waals surface area contributed by atoms with Crippen molar-refractivity contribution < 1.29 is 0 Å². The molecule has 0 aliphatic carbocycles. The lowest BCUT2D eigenvalue weighted by Crippen LogP contribution is -1.98. The first kappa shape index (κ1) is 11.4. The van der Waals surface area contributed by atoms with E-state index in [1.807, 2.05) is 23.5 Å². The Morgan fingerprint density at radius 1 is 1.36 bits per heavy atom. The Hall–Kier alpha value is 0.440. The van der Waals surface area contributed by atoms with Crippen LogP contribution in [0.3, 0.4) is 0 Å². The molecular formula is C9H18S2. The van der Waals surface area contributed by atoms with Gasteiger partial charge in [0.25, 0.3) is 0 Å². The summed E-state index contributed by atoms with van der Waals surface area (Å²) in [5.41, 5.74) is 0. The fraction of sp³-hybridized carbons (Fsp3) is 0.778. The molecule has 0 rings (SSSR count). The Balaban J connectivity index is 3.48. The molecule has 0 fully saturated rings. The Kier molecular flexibility index (Phi) is 8.88. The highest BCUT2D eigenvalue weighted by molar-refractivity contribution is 7.99. The number of thioether (sulfide) groups is 2. The van der Waals surface area contributed by atoms with Crippen LogP contribution in [0.4, 0.5) is 0 Å². The summed E-state index contributed by atoms with van der Waals surface area (Å²) in [6, 6.07) is 0. The van der Waals surface area contributed by atoms with Gasteiger partial charge in [0, 0.05) is 5.25 Å². The second-order valence-electron chi connectivity index (χ2n) is 2.39. The molecule has 0 heterocycles. The summed E-state index contributed by atoms with van der Waals surface area (Å²) >= 11 is 3.88. The third-order valence-electron chi connectivity index (χ3n) is 1.50. The highest BCUT2D eigenvalue weighted by Gasteiger charge is 1.99. The first-order valence-corrected chi connectivity index (χ1v) is 6.71. The van der Waals surface area contributed by atoms with Crippen LogP contribution in [0.15, 0.2) is 12.2 Å². The van der Waals surface area contributed by atoms with Crippen molar-refractivity contribution in [1.82, 2.24) is 0 Å². The molecule has 0 aromatic carbocycles. The minimum absolute atomic E-state index is 0.738. The lowest BCUT2D eigenvalue weighted by Gasteiger charge is -2.07. The lowest BCUT2D eigenvalue weighted by atomic mass is 10.3. The monoisotopic (exact) mass is 190 g/mol. The molecule has 2 heteroatoms. The zero-order valence-corrected chi connectivity index (χ0v) is 9.30. The smallest absolute Gasteiger partial charge is 0.0232 e. The molecule has 1 unspecified atom stereocenters. The molecule has 0 aliphatic heterocycles. The summed E-state index contributed by atoms with van der Waals surface area (Å²) in [6.45, 7) is 2.18. The summed E-state index contributed by atoms with van der Waals surface area (Å²) in [6.07, 6.45) is 11.4. The van der Waals surface area contributed by atoms with Gasteiger partial charge in [-0.1, -0.05) is 19.1 Å². The van der Waals surface area contributed by atoms with E-state index in [-0.39, 0.29) is 0 Å². The number of hydrogen-bond acceptors (Lipinski definition) is 2. The molecule has 0 saturated heterocycles. The average Bonchev–Trinajstić information content (AvgIpc) is 2.05. The van der Waals surface area contributed by atoms with Crippen molar-refractivity contribution in [1.29, 1.82) is 0 Å². The quantitative estimate of drug-likeness (QED) is 0.589. The van der Waals surface area contributed by atoms with Gasteiger partial charge in [-0.2, -0.15) is 23.5 Å². The van der Waals surface area contributed by atoms with Gasteiger partial charge in [0.05, 0.1) is 0 Å². The summed E-state index contributed by atoms with van der Waals surface area (Å²) in [5, 5.41) is 0.738. The van der Waals surface area contributed by atoms with E-state index in [1.165, 1.54) is 12.2 Å². The summed E-state index contributed by atoms with van der Waals surface area (Å²) in [4.78, 5) is 0. The van der Waals surface area contributed by atoms with Gasteiger partial charge in [0.1, 0.15) is 0 Å². The van der Waals surface area contributed by atoms with Crippen LogP contribution in [0.25, 0.3) is 0 Å². The van der Waals surface area contributed by atoms with Gasteiger partial charge in [-0.25, -0.2) is 0 Å². The van der Waals surface area contributed by atoms with Crippen LogP contribution in [-0.2, 0) is 0 Å². The standard InChI is InChI=1S/C9H18S2/c1-4-5-6-9(11-3)7-8-10-2/h5-6,9H,4,7-8H2,1-3H3. The molecule has 0 radical (unpaired) electrons. The van der Waals surface area contributed by atoms with E-state index >= 15 is 0 Å². The molecule has 0 spiro atoms. The van der Waals surface area contributed by atoms with Crippen LogP contribution in [0.1, 0.15) is 19.8 Å². The van der Waals surface area contributed by atoms with Crippen molar-refractivity contribution in [3.05, 3.63) is 12.2 Å². The van der Waals surface area contributed by atoms with Crippen LogP contribution < -0.4 is 0 Å². The Morgan fingerprint density at radius 2 is 2.09 bits per heavy atom. The van der Waals surface area contributed by atoms with Crippen molar-refractivity contribution in [2.24, 2.45) is 0 Å². The van der Waals surface area contributed by atoms with E-state index in [0.29, 0.717) is 0 Å². The summed E-state index contributed by atoms with van der Waals surface area (Å²) in [5.74, 6) is 1.28. The SMILES string of the molecule is CCC=CC(CCSC)SC. The Labute approximate surface area is 79.2 Å². The van der Waals surface area contributed by atoms with Crippen LogP contribution in [0, 0.1) is 0 Å². The zero-order chi connectivity index (χ0) is 8.53. The van der Waals surface area contributed by atoms with Crippen molar-refractivity contribution in [2.45, 2.75) is 25.0 Å². The van der Waals surface area contributed by atoms with Crippen molar-refractivity contribution in [3.8, 4) is 0 Å². The molecular weight excluding hydrogens is 172 g/mol. The fourth-order valence-corrected chi connectivity index (χ4v) is 2.08. The number of allylic oxidation sites excluding steroid dienone is 1. The van der Waals surface area contributed by atoms with Crippen LogP contribution >= 0.6 is 23.5 Å². The Bertz CT molecular complexity index is 99.7. The average molecular weight is 190 g/mol. The number of rotatable bonds is 6. The lowest BCUT2D eigenvalue weighted by molar-refractivity contribution is 0.986. The van der Waals surface area contributed by atoms with Crippen molar-refractivity contribution in [2.75, 3.05) is 18.3 Å². The van der Waals surface area contributed by atoms with Gasteiger partial charge >= 0.3 is 0 Å². The molecule has 0 aromatic rings. The maximum atomic E-state index is 2.33. The third-order valence-corrected chi connectivity index (χ3v) is 3.14. The second kappa shape index (κ2) is 8.54. The van der Waals surface area contributed by atoms with Crippen LogP contribution in [0.5, 0.6) is 0 Å². The maximum Gasteiger partial charge on any atom is 0.0232 e. The van der Waals surface area contributed by atoms with E-state index in [4.69, 9.17) is 0 Å². The van der Waals surface area contributed by atoms with E-state index in [0.717, 1.165) is 11.7 Å². The van der Waals surface area contributed by atoms with Gasteiger partial charge in [-0.3, -0.25) is 0 Å². The topological polar surface area (TPSA) is 0 Å². The maximum absolute atomic E-state index is 2.33. The Morgan fingerprint density at radius 3 is 2.55 bits per heavy atom. The minimum atomic E-state index is 0.738. The third kappa shape index (κ3) is 6.82. The molecule has 66 valence electrons. The number of hydrogen-bond donors (Lipinski definition) is 0. The summed E-state index contributed by atoms with van der Waals surface area (Å²) < 4.78 is 0. The molecule has 1 atom stereocenters. The van der Waals surface area contributed by atoms with Crippen molar-refractivity contribution >= 4 is 23.5 Å². The van der Waals surface area contributed by atoms with Gasteiger partial charge in [0.2, 0.25) is 0 Å². The molecule has 0 saturated carbocycles. The minimum Gasteiger partial charge on any atom is -0.165 e. The van der Waals surface area contributed by atoms with E-state index < -0.39 is 0 Å². The summed E-state index contributed by atoms with van der Waals surface area (Å²) in [7, 11) is 0. The van der Waals surface area contributed by atoms with E-state index in [9.17, 15) is 0 Å².